The van der Waals surface area contributed by atoms with E-state index in [0.29, 0.717) is 0 Å². The maximum atomic E-state index is 15.9. The lowest BCUT2D eigenvalue weighted by molar-refractivity contribution is -0.0605. The minimum atomic E-state index is -5.07. The van der Waals surface area contributed by atoms with Gasteiger partial charge < -0.3 is 25.8 Å². The molecule has 4 aromatic heterocycles. The van der Waals surface area contributed by atoms with Crippen molar-refractivity contribution in [3.05, 3.63) is 31.2 Å². The van der Waals surface area contributed by atoms with Crippen molar-refractivity contribution in [3.8, 4) is 0 Å². The molecule has 7 heterocycles. The average Bonchev–Trinajstić information content (AvgIpc) is 3.73. The van der Waals surface area contributed by atoms with E-state index in [0.717, 1.165) is 6.33 Å². The maximum Gasteiger partial charge on any atom is 0.472 e. The number of rotatable bonds is 2. The first-order valence-electron chi connectivity index (χ1n) is 12.8. The predicted molar refractivity (Wildman–Crippen MR) is 147 cm³/mol. The Labute approximate surface area is 250 Å². The molecule has 10 atom stereocenters. The quantitative estimate of drug-likeness (QED) is 0.175. The summed E-state index contributed by atoms with van der Waals surface area (Å²) in [5.41, 5.74) is 12.7. The Morgan fingerprint density at radius 1 is 0.864 bits per heavy atom. The number of nitrogen functional groups attached to an aromatic ring is 2. The van der Waals surface area contributed by atoms with E-state index in [1.807, 2.05) is 0 Å². The zero-order chi connectivity index (χ0) is 31.0. The van der Waals surface area contributed by atoms with Crippen LogP contribution in [0.15, 0.2) is 31.2 Å². The van der Waals surface area contributed by atoms with Crippen LogP contribution >= 0.6 is 26.9 Å². The number of nitrogens with zero attached hydrogens (tertiary/aromatic N) is 7. The fraction of sp³-hybridized carbons (Fsp3) is 0.476. The molecule has 3 aliphatic heterocycles. The first kappa shape index (κ1) is 29.8. The highest BCUT2D eigenvalue weighted by molar-refractivity contribution is 8.44. The van der Waals surface area contributed by atoms with Gasteiger partial charge in [-0.3, -0.25) is 27.2 Å². The van der Waals surface area contributed by atoms with Crippen molar-refractivity contribution in [1.82, 2.24) is 34.1 Å². The Morgan fingerprint density at radius 2 is 1.45 bits per heavy atom. The van der Waals surface area contributed by atoms with E-state index in [4.69, 9.17) is 39.0 Å². The van der Waals surface area contributed by atoms with Crippen LogP contribution in [0.1, 0.15) is 12.5 Å². The van der Waals surface area contributed by atoms with Gasteiger partial charge in [0.2, 0.25) is 0 Å². The lowest BCUT2D eigenvalue weighted by atomic mass is 10.1. The smallest absolute Gasteiger partial charge is 0.397 e. The van der Waals surface area contributed by atoms with Crippen molar-refractivity contribution in [2.24, 2.45) is 0 Å². The van der Waals surface area contributed by atoms with Gasteiger partial charge in [-0.1, -0.05) is 12.2 Å². The number of phosphoric acid groups is 1. The van der Waals surface area contributed by atoms with Gasteiger partial charge in [-0.2, -0.15) is 0 Å². The standard InChI is InChI=1S/C21H23F2N9O9P2S/c22-11-15-10(39-20(11)32-7-30-14-17(25)27-5-28-19(14)32)4-37-43(35,44)41-16-9(3-36-42(33,34)40-15)38-21(12(16)23)31-6-29-13-8(24)1-2-26-18(13)31/h1-2,5-7,9-12,15-16,20-21H,3-4H2,(H2,24,26)(H,33,34)(H,35,44)(H2,25,27,28)/t9-,10-,11-,12-,15-,16-,20-,21-,43-/m1/s1. The third-order valence-electron chi connectivity index (χ3n) is 7.27. The molecule has 4 aromatic rings. The molecule has 3 fully saturated rings. The third-order valence-corrected chi connectivity index (χ3v) is 9.87. The fourth-order valence-corrected chi connectivity index (χ4v) is 7.69. The molecule has 0 saturated carbocycles. The largest absolute Gasteiger partial charge is 0.472 e. The molecular weight excluding hydrogens is 654 g/mol. The van der Waals surface area contributed by atoms with E-state index >= 15 is 8.78 Å². The number of aromatic nitrogens is 7. The van der Waals surface area contributed by atoms with Crippen LogP contribution in [-0.2, 0) is 36.7 Å². The van der Waals surface area contributed by atoms with Crippen molar-refractivity contribution in [1.29, 1.82) is 0 Å². The topological polar surface area (TPSA) is 236 Å². The lowest BCUT2D eigenvalue weighted by Gasteiger charge is -2.27. The van der Waals surface area contributed by atoms with Crippen LogP contribution in [-0.4, -0.2) is 88.9 Å². The Balaban J connectivity index is 1.17. The molecule has 0 bridgehead atoms. The summed E-state index contributed by atoms with van der Waals surface area (Å²) in [7, 11) is -5.07. The molecule has 7 rings (SSSR count). The highest BCUT2D eigenvalue weighted by atomic mass is 32.7. The van der Waals surface area contributed by atoms with Gasteiger partial charge in [0.1, 0.15) is 41.8 Å². The molecule has 0 amide bonds. The van der Waals surface area contributed by atoms with Crippen molar-refractivity contribution >= 4 is 60.7 Å². The molecule has 3 aliphatic rings. The molecule has 5 N–H and O–H groups in total. The average molecular weight is 677 g/mol. The molecule has 1 unspecified atom stereocenters. The number of fused-ring (bicyclic) bond motifs is 4. The molecule has 236 valence electrons. The summed E-state index contributed by atoms with van der Waals surface area (Å²) in [4.78, 5) is 30.8. The zero-order valence-electron chi connectivity index (χ0n) is 22.0. The summed E-state index contributed by atoms with van der Waals surface area (Å²) in [6.07, 6.45) is -8.62. The second-order valence-electron chi connectivity index (χ2n) is 9.99. The number of phosphoric ester groups is 1. The second kappa shape index (κ2) is 10.9. The number of hydrogen-bond donors (Lipinski definition) is 4. The van der Waals surface area contributed by atoms with Crippen LogP contribution in [0.4, 0.5) is 20.3 Å². The number of ether oxygens (including phenoxy) is 2. The number of pyridine rings is 1. The summed E-state index contributed by atoms with van der Waals surface area (Å²) in [6, 6.07) is 1.50. The van der Waals surface area contributed by atoms with Crippen LogP contribution in [0.25, 0.3) is 22.3 Å². The number of imidazole rings is 2. The summed E-state index contributed by atoms with van der Waals surface area (Å²) in [6.45, 7) is -5.95. The Morgan fingerprint density at radius 3 is 2.14 bits per heavy atom. The monoisotopic (exact) mass is 677 g/mol. The molecule has 44 heavy (non-hydrogen) atoms. The highest BCUT2D eigenvalue weighted by Gasteiger charge is 2.54. The summed E-state index contributed by atoms with van der Waals surface area (Å²) in [5.74, 6) is 0.0254. The highest BCUT2D eigenvalue weighted by Crippen LogP contribution is 2.58. The maximum absolute atomic E-state index is 15.9. The Kier molecular flexibility index (Phi) is 7.40. The SMILES string of the molecule is Nc1ccnc2c1ncn2[C@@H]1O[C@@H]2COP(=O)(O)O[C@H]3[C@@H](F)[C@H](n4cnc5c(N)ncnc54)O[C@@H]3CO[P@@](=O)(S)O[C@H]2[C@H]1F. The van der Waals surface area contributed by atoms with Gasteiger partial charge >= 0.3 is 14.6 Å². The number of thiol groups is 1. The summed E-state index contributed by atoms with van der Waals surface area (Å²) in [5, 5.41) is 0. The number of alkyl halides is 2. The molecule has 0 spiro atoms. The van der Waals surface area contributed by atoms with Gasteiger partial charge in [0.15, 0.2) is 41.9 Å². The minimum absolute atomic E-state index is 0.0254. The number of anilines is 2. The second-order valence-corrected chi connectivity index (χ2v) is 14.3. The van der Waals surface area contributed by atoms with E-state index < -0.39 is 77.0 Å². The first-order valence-corrected chi connectivity index (χ1v) is 17.0. The third kappa shape index (κ3) is 5.16. The van der Waals surface area contributed by atoms with Crippen LogP contribution in [0.2, 0.25) is 0 Å². The van der Waals surface area contributed by atoms with Crippen LogP contribution in [0.3, 0.4) is 0 Å². The summed E-state index contributed by atoms with van der Waals surface area (Å²) >= 11 is 3.97. The normalized spacial score (nSPS) is 38.3. The molecular formula is C21H23F2N9O9P2S. The van der Waals surface area contributed by atoms with Gasteiger partial charge in [-0.25, -0.2) is 42.8 Å². The van der Waals surface area contributed by atoms with E-state index in [1.54, 1.807) is 0 Å². The number of halogens is 2. The fourth-order valence-electron chi connectivity index (χ4n) is 5.26. The van der Waals surface area contributed by atoms with Crippen molar-refractivity contribution in [3.63, 3.8) is 0 Å². The van der Waals surface area contributed by atoms with Gasteiger partial charge in [-0.05, 0) is 6.07 Å². The molecule has 0 aliphatic carbocycles. The van der Waals surface area contributed by atoms with Crippen molar-refractivity contribution in [2.45, 2.75) is 49.2 Å². The Bertz CT molecular complexity index is 1710. The van der Waals surface area contributed by atoms with Gasteiger partial charge in [0.25, 0.3) is 0 Å². The predicted octanol–water partition coefficient (Wildman–Crippen LogP) is 1.86. The van der Waals surface area contributed by atoms with Gasteiger partial charge in [-0.15, -0.1) is 0 Å². The van der Waals surface area contributed by atoms with E-state index in [-0.39, 0.29) is 33.8 Å². The Hall–Kier alpha value is -2.84. The molecule has 3 saturated heterocycles. The lowest BCUT2D eigenvalue weighted by Crippen LogP contribution is -2.37. The van der Waals surface area contributed by atoms with E-state index in [9.17, 15) is 14.0 Å². The molecule has 0 radical (unpaired) electrons. The number of nitrogens with two attached hydrogens (primary N) is 2. The van der Waals surface area contributed by atoms with Crippen LogP contribution < -0.4 is 11.5 Å². The summed E-state index contributed by atoms with van der Waals surface area (Å²) < 4.78 is 93.2. The molecule has 18 nitrogen and oxygen atoms in total. The van der Waals surface area contributed by atoms with E-state index in [1.165, 1.54) is 34.1 Å². The number of hydrogen-bond acceptors (Lipinski definition) is 15. The zero-order valence-corrected chi connectivity index (χ0v) is 24.7. The van der Waals surface area contributed by atoms with Crippen LogP contribution in [0.5, 0.6) is 0 Å². The van der Waals surface area contributed by atoms with Gasteiger partial charge in [0.05, 0.1) is 31.6 Å². The molecule has 0 aromatic carbocycles. The first-order chi connectivity index (χ1) is 20.9. The minimum Gasteiger partial charge on any atom is -0.397 e. The van der Waals surface area contributed by atoms with E-state index in [2.05, 4.69) is 37.2 Å². The van der Waals surface area contributed by atoms with Gasteiger partial charge in [0, 0.05) is 6.20 Å². The van der Waals surface area contributed by atoms with Crippen molar-refractivity contribution < 1.29 is 50.4 Å². The van der Waals surface area contributed by atoms with Crippen molar-refractivity contribution in [2.75, 3.05) is 24.7 Å². The van der Waals surface area contributed by atoms with Crippen LogP contribution in [0, 0.1) is 0 Å². The molecule has 23 heteroatoms.